The first-order chi connectivity index (χ1) is 15.1. The molecule has 5 rings (SSSR count). The van der Waals surface area contributed by atoms with Crippen molar-refractivity contribution in [3.8, 4) is 0 Å². The highest BCUT2D eigenvalue weighted by molar-refractivity contribution is 6.34. The van der Waals surface area contributed by atoms with Crippen molar-refractivity contribution in [1.82, 2.24) is 9.99 Å². The molecule has 152 valence electrons. The van der Waals surface area contributed by atoms with Gasteiger partial charge < -0.3 is 0 Å². The Morgan fingerprint density at radius 2 is 1.61 bits per heavy atom. The van der Waals surface area contributed by atoms with E-state index in [-0.39, 0.29) is 11.9 Å². The average molecular weight is 446 g/mol. The highest BCUT2D eigenvalue weighted by Crippen LogP contribution is 2.38. The summed E-state index contributed by atoms with van der Waals surface area (Å²) in [4.78, 5) is 18.0. The molecule has 0 saturated heterocycles. The van der Waals surface area contributed by atoms with Crippen LogP contribution in [0.4, 0.5) is 0 Å². The Hall–Kier alpha value is -3.21. The first-order valence-electron chi connectivity index (χ1n) is 9.88. The standard InChI is InChI=1S/C25H17Cl2N3O/c26-20-12-6-5-11-18(20)25(31)30-23(15-22(29-30)16-8-2-1-3-9-16)19-14-17-10-4-7-13-21(17)28-24(19)27/h1-14,23H,15H2. The molecule has 6 heteroatoms. The SMILES string of the molecule is O=C(c1ccccc1Cl)N1N=C(c2ccccc2)CC1c1cc2ccccc2nc1Cl. The van der Waals surface area contributed by atoms with Crippen molar-refractivity contribution in [2.75, 3.05) is 0 Å². The zero-order valence-electron chi connectivity index (χ0n) is 16.4. The van der Waals surface area contributed by atoms with E-state index in [1.54, 1.807) is 24.3 Å². The van der Waals surface area contributed by atoms with Crippen LogP contribution in [0.15, 0.2) is 90.0 Å². The lowest BCUT2D eigenvalue weighted by molar-refractivity contribution is 0.0711. The zero-order chi connectivity index (χ0) is 21.4. The molecule has 1 aliphatic heterocycles. The van der Waals surface area contributed by atoms with Crippen molar-refractivity contribution >= 4 is 45.7 Å². The largest absolute Gasteiger partial charge is 0.276 e. The molecule has 0 radical (unpaired) electrons. The molecule has 1 aromatic heterocycles. The van der Waals surface area contributed by atoms with Gasteiger partial charge in [-0.15, -0.1) is 0 Å². The van der Waals surface area contributed by atoms with Crippen LogP contribution in [0.3, 0.4) is 0 Å². The van der Waals surface area contributed by atoms with Gasteiger partial charge in [-0.25, -0.2) is 9.99 Å². The summed E-state index contributed by atoms with van der Waals surface area (Å²) in [7, 11) is 0. The molecule has 1 unspecified atom stereocenters. The number of pyridine rings is 1. The van der Waals surface area contributed by atoms with E-state index >= 15 is 0 Å². The van der Waals surface area contributed by atoms with Gasteiger partial charge in [0.25, 0.3) is 5.91 Å². The van der Waals surface area contributed by atoms with Gasteiger partial charge in [-0.1, -0.05) is 83.9 Å². The summed E-state index contributed by atoms with van der Waals surface area (Å²) in [5.74, 6) is -0.272. The molecule has 2 heterocycles. The minimum atomic E-state index is -0.386. The maximum atomic E-state index is 13.5. The summed E-state index contributed by atoms with van der Waals surface area (Å²) >= 11 is 12.9. The van der Waals surface area contributed by atoms with Gasteiger partial charge in [0, 0.05) is 17.4 Å². The van der Waals surface area contributed by atoms with Gasteiger partial charge in [0.1, 0.15) is 5.15 Å². The summed E-state index contributed by atoms with van der Waals surface area (Å²) in [6, 6.07) is 26.2. The fourth-order valence-corrected chi connectivity index (χ4v) is 4.33. The lowest BCUT2D eigenvalue weighted by Crippen LogP contribution is -2.27. The van der Waals surface area contributed by atoms with E-state index < -0.39 is 0 Å². The molecule has 1 amide bonds. The Morgan fingerprint density at radius 1 is 0.903 bits per heavy atom. The zero-order valence-corrected chi connectivity index (χ0v) is 17.9. The van der Waals surface area contributed by atoms with Gasteiger partial charge in [0.05, 0.1) is 27.9 Å². The number of amides is 1. The fourth-order valence-electron chi connectivity index (χ4n) is 3.85. The van der Waals surface area contributed by atoms with Crippen molar-refractivity contribution < 1.29 is 4.79 Å². The topological polar surface area (TPSA) is 45.6 Å². The van der Waals surface area contributed by atoms with E-state index in [9.17, 15) is 4.79 Å². The van der Waals surface area contributed by atoms with Gasteiger partial charge in [0.2, 0.25) is 0 Å². The molecule has 0 aliphatic carbocycles. The van der Waals surface area contributed by atoms with Crippen LogP contribution >= 0.6 is 23.2 Å². The number of hydrogen-bond donors (Lipinski definition) is 0. The monoisotopic (exact) mass is 445 g/mol. The van der Waals surface area contributed by atoms with E-state index in [1.165, 1.54) is 5.01 Å². The second-order valence-electron chi connectivity index (χ2n) is 7.32. The van der Waals surface area contributed by atoms with Crippen molar-refractivity contribution in [2.24, 2.45) is 5.10 Å². The average Bonchev–Trinajstić information content (AvgIpc) is 3.24. The number of carbonyl (C=O) groups is 1. The normalized spacial score (nSPS) is 15.9. The number of para-hydroxylation sites is 1. The highest BCUT2D eigenvalue weighted by Gasteiger charge is 2.36. The Kier molecular flexibility index (Phi) is 5.18. The lowest BCUT2D eigenvalue weighted by Gasteiger charge is -2.23. The summed E-state index contributed by atoms with van der Waals surface area (Å²) in [6.07, 6.45) is 0.528. The van der Waals surface area contributed by atoms with E-state index in [1.807, 2.05) is 60.7 Å². The van der Waals surface area contributed by atoms with Crippen molar-refractivity contribution in [3.63, 3.8) is 0 Å². The van der Waals surface area contributed by atoms with Gasteiger partial charge in [-0.2, -0.15) is 5.10 Å². The molecule has 0 N–H and O–H groups in total. The van der Waals surface area contributed by atoms with E-state index in [2.05, 4.69) is 4.98 Å². The minimum absolute atomic E-state index is 0.272. The van der Waals surface area contributed by atoms with Crippen LogP contribution in [0, 0.1) is 0 Å². The molecular formula is C25H17Cl2N3O. The first kappa shape index (κ1) is 19.7. The fraction of sp³-hybridized carbons (Fsp3) is 0.0800. The number of nitrogens with zero attached hydrogens (tertiary/aromatic N) is 3. The molecule has 0 fully saturated rings. The highest BCUT2D eigenvalue weighted by atomic mass is 35.5. The summed E-state index contributed by atoms with van der Waals surface area (Å²) in [6.45, 7) is 0. The third kappa shape index (κ3) is 3.69. The molecule has 0 bridgehead atoms. The van der Waals surface area contributed by atoms with Crippen molar-refractivity contribution in [2.45, 2.75) is 12.5 Å². The Labute approximate surface area is 189 Å². The van der Waals surface area contributed by atoms with E-state index in [4.69, 9.17) is 28.3 Å². The number of carbonyl (C=O) groups excluding carboxylic acids is 1. The molecule has 31 heavy (non-hydrogen) atoms. The summed E-state index contributed by atoms with van der Waals surface area (Å²) in [5.41, 5.74) is 3.75. The van der Waals surface area contributed by atoms with Crippen molar-refractivity contribution in [3.05, 3.63) is 112 Å². The van der Waals surface area contributed by atoms with Crippen molar-refractivity contribution in [1.29, 1.82) is 0 Å². The Morgan fingerprint density at radius 3 is 2.42 bits per heavy atom. The Balaban J connectivity index is 1.62. The summed E-state index contributed by atoms with van der Waals surface area (Å²) in [5, 5.41) is 7.91. The lowest BCUT2D eigenvalue weighted by atomic mass is 9.98. The molecule has 1 aliphatic rings. The quantitative estimate of drug-likeness (QED) is 0.336. The van der Waals surface area contributed by atoms with Crippen LogP contribution in [0.25, 0.3) is 10.9 Å². The van der Waals surface area contributed by atoms with Crippen LogP contribution in [0.1, 0.15) is 33.9 Å². The maximum Gasteiger partial charge on any atom is 0.276 e. The molecule has 4 aromatic rings. The predicted molar refractivity (Wildman–Crippen MR) is 125 cm³/mol. The Bertz CT molecular complexity index is 1320. The molecule has 1 atom stereocenters. The molecule has 3 aromatic carbocycles. The number of hydrazone groups is 1. The van der Waals surface area contributed by atoms with Crippen LogP contribution in [-0.4, -0.2) is 21.6 Å². The number of hydrogen-bond acceptors (Lipinski definition) is 3. The van der Waals surface area contributed by atoms with Crippen LogP contribution in [-0.2, 0) is 0 Å². The second-order valence-corrected chi connectivity index (χ2v) is 8.09. The van der Waals surface area contributed by atoms with Crippen LogP contribution in [0.2, 0.25) is 10.2 Å². The van der Waals surface area contributed by atoms with Gasteiger partial charge in [0.15, 0.2) is 0 Å². The number of rotatable bonds is 3. The molecule has 0 saturated carbocycles. The predicted octanol–water partition coefficient (Wildman–Crippen LogP) is 6.53. The smallest absolute Gasteiger partial charge is 0.267 e. The summed E-state index contributed by atoms with van der Waals surface area (Å²) < 4.78 is 0. The van der Waals surface area contributed by atoms with E-state index in [0.717, 1.165) is 27.7 Å². The van der Waals surface area contributed by atoms with E-state index in [0.29, 0.717) is 22.2 Å². The van der Waals surface area contributed by atoms with Crippen LogP contribution in [0.5, 0.6) is 0 Å². The first-order valence-corrected chi connectivity index (χ1v) is 10.6. The molecule has 4 nitrogen and oxygen atoms in total. The molecule has 0 spiro atoms. The van der Waals surface area contributed by atoms with Gasteiger partial charge in [-0.05, 0) is 29.8 Å². The van der Waals surface area contributed by atoms with Crippen LogP contribution < -0.4 is 0 Å². The third-order valence-corrected chi connectivity index (χ3v) is 6.03. The maximum absolute atomic E-state index is 13.5. The number of halogens is 2. The number of benzene rings is 3. The molecular weight excluding hydrogens is 429 g/mol. The van der Waals surface area contributed by atoms with Gasteiger partial charge >= 0.3 is 0 Å². The second kappa shape index (κ2) is 8.14. The third-order valence-electron chi connectivity index (χ3n) is 5.39. The minimum Gasteiger partial charge on any atom is -0.267 e. The van der Waals surface area contributed by atoms with Gasteiger partial charge in [-0.3, -0.25) is 4.79 Å². The number of fused-ring (bicyclic) bond motifs is 1. The number of aromatic nitrogens is 1.